The van der Waals surface area contributed by atoms with Crippen LogP contribution >= 0.6 is 7.60 Å². The highest BCUT2D eigenvalue weighted by molar-refractivity contribution is 7.52. The Morgan fingerprint density at radius 2 is 1.09 bits per heavy atom. The highest BCUT2D eigenvalue weighted by Crippen LogP contribution is 2.45. The van der Waals surface area contributed by atoms with Crippen molar-refractivity contribution in [2.75, 3.05) is 85.3 Å². The summed E-state index contributed by atoms with van der Waals surface area (Å²) in [6.45, 7) is 3.65. The molecule has 5 amide bonds. The van der Waals surface area contributed by atoms with Gasteiger partial charge in [-0.3, -0.25) is 28.5 Å². The van der Waals surface area contributed by atoms with Crippen LogP contribution in [0.4, 0.5) is 0 Å². The summed E-state index contributed by atoms with van der Waals surface area (Å²) in [6.07, 6.45) is 0.534. The zero-order valence-corrected chi connectivity index (χ0v) is 32.0. The molecule has 0 spiro atoms. The molecule has 0 saturated heterocycles. The third-order valence-electron chi connectivity index (χ3n) is 8.06. The van der Waals surface area contributed by atoms with E-state index in [0.29, 0.717) is 25.7 Å². The Kier molecular flexibility index (Phi) is 27.6. The van der Waals surface area contributed by atoms with Crippen LogP contribution in [0.15, 0.2) is 0 Å². The monoisotopic (exact) mass is 800 g/mol. The normalized spacial score (nSPS) is 17.8. The summed E-state index contributed by atoms with van der Waals surface area (Å²) in [5.74, 6) is 11.9. The van der Waals surface area contributed by atoms with Gasteiger partial charge in [-0.1, -0.05) is 6.92 Å². The number of hydrogen-bond donors (Lipinski definition) is 9. The van der Waals surface area contributed by atoms with Gasteiger partial charge in [0, 0.05) is 44.6 Å². The molecule has 1 saturated carbocycles. The van der Waals surface area contributed by atoms with Gasteiger partial charge in [0.05, 0.1) is 65.6 Å². The summed E-state index contributed by atoms with van der Waals surface area (Å²) in [6, 6.07) is -2.22. The molecule has 0 aliphatic heterocycles. The molecule has 314 valence electrons. The van der Waals surface area contributed by atoms with Crippen LogP contribution in [0.5, 0.6) is 0 Å². The molecular formula is C31H61N8O14P. The summed E-state index contributed by atoms with van der Waals surface area (Å²) in [7, 11) is -3.69. The molecular weight excluding hydrogens is 739 g/mol. The zero-order chi connectivity index (χ0) is 40.0. The largest absolute Gasteiger partial charge is 0.377 e. The molecule has 22 nitrogen and oxygen atoms in total. The molecule has 0 radical (unpaired) electrons. The van der Waals surface area contributed by atoms with Gasteiger partial charge < -0.3 is 64.7 Å². The quantitative estimate of drug-likeness (QED) is 0.0191. The van der Waals surface area contributed by atoms with Gasteiger partial charge in [-0.25, -0.2) is 17.7 Å². The summed E-state index contributed by atoms with van der Waals surface area (Å²) < 4.78 is 33.2. The van der Waals surface area contributed by atoms with E-state index in [1.54, 1.807) is 6.92 Å². The molecule has 23 heteroatoms. The Morgan fingerprint density at radius 1 is 0.648 bits per heavy atom. The second-order valence-corrected chi connectivity index (χ2v) is 14.3. The van der Waals surface area contributed by atoms with Crippen molar-refractivity contribution in [3.8, 4) is 0 Å². The van der Waals surface area contributed by atoms with Crippen LogP contribution in [0.1, 0.15) is 58.3 Å². The lowest BCUT2D eigenvalue weighted by molar-refractivity contribution is -0.133. The molecule has 3 atom stereocenters. The third-order valence-corrected chi connectivity index (χ3v) is 9.49. The van der Waals surface area contributed by atoms with Gasteiger partial charge in [0.25, 0.3) is 0 Å². The predicted octanol–water partition coefficient (Wildman–Crippen LogP) is -2.63. The van der Waals surface area contributed by atoms with Gasteiger partial charge in [-0.05, 0) is 38.5 Å². The number of nitrogens with one attached hydrogen (secondary N) is 5. The van der Waals surface area contributed by atoms with Crippen LogP contribution in [0.25, 0.3) is 0 Å². The van der Waals surface area contributed by atoms with E-state index >= 15 is 0 Å². The van der Waals surface area contributed by atoms with Crippen LogP contribution in [0.2, 0.25) is 0 Å². The Balaban J connectivity index is 2.86. The molecule has 1 aliphatic carbocycles. The average molecular weight is 801 g/mol. The second kappa shape index (κ2) is 30.4. The maximum absolute atomic E-state index is 13.3. The number of hydrogen-bond acceptors (Lipinski definition) is 16. The maximum atomic E-state index is 13.3. The van der Waals surface area contributed by atoms with Gasteiger partial charge in [-0.2, -0.15) is 0 Å². The smallest absolute Gasteiger partial charge is 0.328 e. The molecule has 0 aromatic heterocycles. The lowest BCUT2D eigenvalue weighted by atomic mass is 9.86. The summed E-state index contributed by atoms with van der Waals surface area (Å²) >= 11 is 0. The van der Waals surface area contributed by atoms with Crippen LogP contribution in [-0.4, -0.2) is 138 Å². The fourth-order valence-electron chi connectivity index (χ4n) is 5.10. The van der Waals surface area contributed by atoms with Crippen LogP contribution < -0.4 is 44.3 Å². The minimum absolute atomic E-state index is 0.0198. The summed E-state index contributed by atoms with van der Waals surface area (Å²) in [5, 5.41) is 13.4. The average Bonchev–Trinajstić information content (AvgIpc) is 3.15. The van der Waals surface area contributed by atoms with Gasteiger partial charge in [-0.15, -0.1) is 0 Å². The fraction of sp³-hybridized carbons (Fsp3) is 0.839. The topological polar surface area (TPSA) is 325 Å². The summed E-state index contributed by atoms with van der Waals surface area (Å²) in [4.78, 5) is 88.2. The van der Waals surface area contributed by atoms with E-state index in [1.807, 2.05) is 0 Å². The Bertz CT molecular complexity index is 1140. The first-order chi connectivity index (χ1) is 26.0. The van der Waals surface area contributed by atoms with E-state index in [0.717, 1.165) is 0 Å². The van der Waals surface area contributed by atoms with E-state index in [-0.39, 0.29) is 117 Å². The lowest BCUT2D eigenvalue weighted by Gasteiger charge is -2.30. The van der Waals surface area contributed by atoms with Crippen molar-refractivity contribution >= 4 is 37.1 Å². The number of ether oxygens (including phenoxy) is 3. The number of nitrogens with two attached hydrogens (primary N) is 3. The van der Waals surface area contributed by atoms with Crippen molar-refractivity contribution < 1.29 is 66.7 Å². The standard InChI is InChI=1S/C31H61N8O14P/c1-2-54(45,46)53-24-5-3-23(4-6-24)29(42)39-26(31(44)37-13-16-49-19-22-52-34)8-10-28(41)38-25(30(43)36-12-15-48-18-21-51-33)7-9-27(40)35-11-14-47-17-20-50-32/h23-26H,2-22,32-34H2,1H3,(H,35,40)(H,36,43)(H,37,44)(H,38,41)(H,39,42)(H,45,46)/t23-,24+,25?,26?. The molecule has 0 aromatic rings. The number of carbonyl (C=O) groups excluding carboxylic acids is 5. The minimum Gasteiger partial charge on any atom is -0.377 e. The molecule has 0 bridgehead atoms. The number of amides is 5. The maximum Gasteiger partial charge on any atom is 0.328 e. The van der Waals surface area contributed by atoms with Gasteiger partial charge in [0.2, 0.25) is 29.5 Å². The fourth-order valence-corrected chi connectivity index (χ4v) is 5.93. The lowest BCUT2D eigenvalue weighted by Crippen LogP contribution is -2.51. The van der Waals surface area contributed by atoms with E-state index in [2.05, 4.69) is 41.1 Å². The molecule has 0 heterocycles. The van der Waals surface area contributed by atoms with Gasteiger partial charge in [0.1, 0.15) is 12.1 Å². The summed E-state index contributed by atoms with van der Waals surface area (Å²) in [5.41, 5.74) is 0. The van der Waals surface area contributed by atoms with Crippen molar-refractivity contribution in [1.82, 2.24) is 26.6 Å². The zero-order valence-electron chi connectivity index (χ0n) is 31.1. The molecule has 0 aromatic carbocycles. The number of carbonyl (C=O) groups is 5. The van der Waals surface area contributed by atoms with Gasteiger partial charge in [0.15, 0.2) is 0 Å². The van der Waals surface area contributed by atoms with Crippen molar-refractivity contribution in [2.45, 2.75) is 76.5 Å². The number of rotatable bonds is 32. The first-order valence-electron chi connectivity index (χ1n) is 18.1. The molecule has 12 N–H and O–H groups in total. The predicted molar refractivity (Wildman–Crippen MR) is 191 cm³/mol. The van der Waals surface area contributed by atoms with Crippen molar-refractivity contribution in [3.63, 3.8) is 0 Å². The first kappa shape index (κ1) is 49.2. The second-order valence-electron chi connectivity index (χ2n) is 12.2. The first-order valence-corrected chi connectivity index (χ1v) is 19.8. The van der Waals surface area contributed by atoms with Crippen molar-refractivity contribution in [2.24, 2.45) is 23.6 Å². The Morgan fingerprint density at radius 3 is 1.56 bits per heavy atom. The van der Waals surface area contributed by atoms with E-state index in [1.165, 1.54) is 0 Å². The van der Waals surface area contributed by atoms with Crippen LogP contribution in [-0.2, 0) is 61.8 Å². The highest BCUT2D eigenvalue weighted by atomic mass is 31.2. The van der Waals surface area contributed by atoms with Crippen LogP contribution in [0, 0.1) is 5.92 Å². The highest BCUT2D eigenvalue weighted by Gasteiger charge is 2.33. The van der Waals surface area contributed by atoms with Crippen LogP contribution in [0.3, 0.4) is 0 Å². The molecule has 1 aliphatic rings. The third kappa shape index (κ3) is 23.8. The minimum atomic E-state index is -3.69. The van der Waals surface area contributed by atoms with Crippen molar-refractivity contribution in [1.29, 1.82) is 0 Å². The van der Waals surface area contributed by atoms with E-state index < -0.39 is 55.3 Å². The SMILES string of the molecule is CCP(=O)(O)O[C@H]1CC[C@@H](C(=O)NC(CCC(=O)NC(CCC(=O)NCCOCCON)C(=O)NCCOCCON)C(=O)NCCOCCON)CC1. The Hall–Kier alpha value is -2.86. The molecule has 1 rings (SSSR count). The van der Waals surface area contributed by atoms with E-state index in [9.17, 15) is 33.4 Å². The molecule has 1 fully saturated rings. The van der Waals surface area contributed by atoms with Gasteiger partial charge >= 0.3 is 7.60 Å². The van der Waals surface area contributed by atoms with Crippen molar-refractivity contribution in [3.05, 3.63) is 0 Å². The van der Waals surface area contributed by atoms with E-state index in [4.69, 9.17) is 36.4 Å². The Labute approximate surface area is 315 Å². The molecule has 3 unspecified atom stereocenters. The molecule has 54 heavy (non-hydrogen) atoms.